The van der Waals surface area contributed by atoms with Gasteiger partial charge in [-0.3, -0.25) is 19.4 Å². The summed E-state index contributed by atoms with van der Waals surface area (Å²) < 4.78 is 13.2. The number of hydrogen-bond acceptors (Lipinski definition) is 5. The van der Waals surface area contributed by atoms with Gasteiger partial charge in [0.15, 0.2) is 0 Å². The number of piperidine rings is 1. The molecule has 1 atom stereocenters. The number of primary amides is 1. The van der Waals surface area contributed by atoms with Crippen LogP contribution in [0, 0.1) is 11.7 Å². The number of amides is 3. The molecule has 0 aliphatic carbocycles. The number of hydrogen-bond donors (Lipinski definition) is 2. The van der Waals surface area contributed by atoms with Crippen LogP contribution in [0.4, 0.5) is 10.1 Å². The lowest BCUT2D eigenvalue weighted by molar-refractivity contribution is -0.133. The Morgan fingerprint density at radius 1 is 1.20 bits per heavy atom. The number of nitrogens with two attached hydrogens (primary N) is 1. The van der Waals surface area contributed by atoms with Crippen molar-refractivity contribution < 1.29 is 18.8 Å². The number of rotatable bonds is 6. The molecule has 1 unspecified atom stereocenters. The van der Waals surface area contributed by atoms with Gasteiger partial charge in [0.2, 0.25) is 11.8 Å². The topological polar surface area (TPSA) is 108 Å². The van der Waals surface area contributed by atoms with Crippen molar-refractivity contribution in [3.63, 3.8) is 0 Å². The van der Waals surface area contributed by atoms with Gasteiger partial charge in [0.1, 0.15) is 17.6 Å². The van der Waals surface area contributed by atoms with Gasteiger partial charge in [-0.05, 0) is 43.0 Å². The molecule has 0 radical (unpaired) electrons. The van der Waals surface area contributed by atoms with E-state index < -0.39 is 17.8 Å². The molecular weight excluding hydrogens is 389 g/mol. The summed E-state index contributed by atoms with van der Waals surface area (Å²) in [4.78, 5) is 38.6. The molecule has 3 rings (SSSR count). The third-order valence-electron chi connectivity index (χ3n) is 5.36. The summed E-state index contributed by atoms with van der Waals surface area (Å²) in [5.74, 6) is -0.902. The molecule has 1 saturated heterocycles. The highest BCUT2D eigenvalue weighted by Crippen LogP contribution is 2.25. The van der Waals surface area contributed by atoms with E-state index in [2.05, 4.69) is 10.4 Å². The molecule has 8 nitrogen and oxygen atoms in total. The summed E-state index contributed by atoms with van der Waals surface area (Å²) in [6, 6.07) is 4.63. The first-order valence-corrected chi connectivity index (χ1v) is 10.2. The van der Waals surface area contributed by atoms with Crippen molar-refractivity contribution in [3.8, 4) is 0 Å². The molecular formula is C21H28FN5O3. The van der Waals surface area contributed by atoms with Crippen molar-refractivity contribution >= 4 is 29.1 Å². The van der Waals surface area contributed by atoms with Crippen LogP contribution in [-0.4, -0.2) is 53.5 Å². The fourth-order valence-corrected chi connectivity index (χ4v) is 3.72. The second kappa shape index (κ2) is 9.23. The first-order chi connectivity index (χ1) is 14.2. The van der Waals surface area contributed by atoms with Crippen molar-refractivity contribution in [1.82, 2.24) is 10.2 Å². The van der Waals surface area contributed by atoms with E-state index >= 15 is 0 Å². The Balaban J connectivity index is 1.60. The first-order valence-electron chi connectivity index (χ1n) is 10.2. The predicted molar refractivity (Wildman–Crippen MR) is 111 cm³/mol. The molecule has 30 heavy (non-hydrogen) atoms. The summed E-state index contributed by atoms with van der Waals surface area (Å²) in [5.41, 5.74) is 6.18. The van der Waals surface area contributed by atoms with E-state index in [4.69, 9.17) is 5.73 Å². The lowest BCUT2D eigenvalue weighted by atomic mass is 10.0. The zero-order chi connectivity index (χ0) is 21.8. The van der Waals surface area contributed by atoms with Crippen LogP contribution in [0.25, 0.3) is 0 Å². The highest BCUT2D eigenvalue weighted by molar-refractivity contribution is 6.40. The molecule has 2 aliphatic rings. The van der Waals surface area contributed by atoms with Gasteiger partial charge in [-0.2, -0.15) is 5.10 Å². The number of carbonyl (C=O) groups is 3. The van der Waals surface area contributed by atoms with Gasteiger partial charge in [-0.15, -0.1) is 0 Å². The third-order valence-corrected chi connectivity index (χ3v) is 5.36. The average molecular weight is 417 g/mol. The summed E-state index contributed by atoms with van der Waals surface area (Å²) in [6.07, 6.45) is 1.96. The maximum Gasteiger partial charge on any atom is 0.267 e. The lowest BCUT2D eigenvalue weighted by Gasteiger charge is -2.32. The van der Waals surface area contributed by atoms with Crippen LogP contribution in [0.2, 0.25) is 0 Å². The van der Waals surface area contributed by atoms with E-state index in [-0.39, 0.29) is 30.0 Å². The number of carbonyl (C=O) groups excluding carboxylic acids is 3. The highest BCUT2D eigenvalue weighted by Gasteiger charge is 2.36. The lowest BCUT2D eigenvalue weighted by Crippen LogP contribution is -2.48. The van der Waals surface area contributed by atoms with Crippen molar-refractivity contribution in [2.24, 2.45) is 16.8 Å². The molecule has 0 saturated carbocycles. The van der Waals surface area contributed by atoms with Gasteiger partial charge in [-0.1, -0.05) is 13.8 Å². The molecule has 1 aromatic rings. The Bertz CT molecular complexity index is 832. The smallest absolute Gasteiger partial charge is 0.267 e. The normalized spacial score (nSPS) is 19.7. The zero-order valence-corrected chi connectivity index (χ0v) is 17.3. The third kappa shape index (κ3) is 5.14. The fourth-order valence-electron chi connectivity index (χ4n) is 3.72. The van der Waals surface area contributed by atoms with Gasteiger partial charge in [0, 0.05) is 32.0 Å². The molecule has 2 aliphatic heterocycles. The van der Waals surface area contributed by atoms with Gasteiger partial charge in [0.25, 0.3) is 5.91 Å². The Hall–Kier alpha value is -2.97. The molecule has 0 aromatic heterocycles. The molecule has 1 aromatic carbocycles. The van der Waals surface area contributed by atoms with Crippen molar-refractivity contribution in [2.75, 3.05) is 18.1 Å². The number of benzene rings is 1. The van der Waals surface area contributed by atoms with E-state index in [0.717, 1.165) is 0 Å². The van der Waals surface area contributed by atoms with Crippen LogP contribution in [0.3, 0.4) is 0 Å². The minimum atomic E-state index is -0.799. The largest absolute Gasteiger partial charge is 0.368 e. The number of nitrogens with one attached hydrogen (secondary N) is 1. The zero-order valence-electron chi connectivity index (χ0n) is 17.3. The molecule has 162 valence electrons. The Kier molecular flexibility index (Phi) is 6.69. The minimum Gasteiger partial charge on any atom is -0.368 e. The molecule has 2 heterocycles. The minimum absolute atomic E-state index is 0.0600. The van der Waals surface area contributed by atoms with E-state index in [1.807, 2.05) is 18.7 Å². The van der Waals surface area contributed by atoms with E-state index in [1.54, 1.807) is 0 Å². The molecule has 1 fully saturated rings. The predicted octanol–water partition coefficient (Wildman–Crippen LogP) is 1.40. The summed E-state index contributed by atoms with van der Waals surface area (Å²) in [5, 5.41) is 8.60. The maximum absolute atomic E-state index is 13.2. The SMILES string of the molecule is CC(C)CC(=O)N1CCC(NC(=O)C2=NN(c3ccc(F)cc3)C(C(N)=O)C2)CC1. The van der Waals surface area contributed by atoms with E-state index in [9.17, 15) is 18.8 Å². The Labute approximate surface area is 175 Å². The Morgan fingerprint density at radius 2 is 1.83 bits per heavy atom. The quantitative estimate of drug-likeness (QED) is 0.729. The second-order valence-corrected chi connectivity index (χ2v) is 8.22. The van der Waals surface area contributed by atoms with Gasteiger partial charge in [-0.25, -0.2) is 4.39 Å². The monoisotopic (exact) mass is 417 g/mol. The summed E-state index contributed by atoms with van der Waals surface area (Å²) in [7, 11) is 0. The molecule has 3 N–H and O–H groups in total. The van der Waals surface area contributed by atoms with E-state index in [0.29, 0.717) is 44.0 Å². The van der Waals surface area contributed by atoms with Crippen molar-refractivity contribution in [1.29, 1.82) is 0 Å². The fraction of sp³-hybridized carbons (Fsp3) is 0.524. The molecule has 0 bridgehead atoms. The summed E-state index contributed by atoms with van der Waals surface area (Å²) >= 11 is 0. The van der Waals surface area contributed by atoms with Crippen molar-refractivity contribution in [3.05, 3.63) is 30.1 Å². The van der Waals surface area contributed by atoms with Crippen LogP contribution in [-0.2, 0) is 14.4 Å². The number of hydrazone groups is 1. The van der Waals surface area contributed by atoms with Crippen LogP contribution in [0.5, 0.6) is 0 Å². The van der Waals surface area contributed by atoms with Crippen LogP contribution >= 0.6 is 0 Å². The van der Waals surface area contributed by atoms with Gasteiger partial charge in [0.05, 0.1) is 5.69 Å². The van der Waals surface area contributed by atoms with Crippen LogP contribution < -0.4 is 16.1 Å². The van der Waals surface area contributed by atoms with E-state index in [1.165, 1.54) is 29.3 Å². The molecule has 9 heteroatoms. The highest BCUT2D eigenvalue weighted by atomic mass is 19.1. The second-order valence-electron chi connectivity index (χ2n) is 8.22. The van der Waals surface area contributed by atoms with Crippen molar-refractivity contribution in [2.45, 2.75) is 51.6 Å². The number of anilines is 1. The summed E-state index contributed by atoms with van der Waals surface area (Å²) in [6.45, 7) is 5.24. The standard InChI is InChI=1S/C21H28FN5O3/c1-13(2)11-19(28)26-9-7-15(8-10-26)24-21(30)17-12-18(20(23)29)27(25-17)16-5-3-14(22)4-6-16/h3-6,13,15,18H,7-12H2,1-2H3,(H2,23,29)(H,24,30). The average Bonchev–Trinajstić information content (AvgIpc) is 3.14. The van der Waals surface area contributed by atoms with Gasteiger partial charge < -0.3 is 16.0 Å². The molecule has 3 amide bonds. The number of nitrogens with zero attached hydrogens (tertiary/aromatic N) is 3. The van der Waals surface area contributed by atoms with Crippen LogP contribution in [0.1, 0.15) is 39.5 Å². The molecule has 0 spiro atoms. The maximum atomic E-state index is 13.2. The Morgan fingerprint density at radius 3 is 2.40 bits per heavy atom. The van der Waals surface area contributed by atoms with Gasteiger partial charge >= 0.3 is 0 Å². The number of likely N-dealkylation sites (tertiary alicyclic amines) is 1. The van der Waals surface area contributed by atoms with Crippen LogP contribution in [0.15, 0.2) is 29.4 Å². The number of halogens is 1. The first kappa shape index (κ1) is 21.7.